The summed E-state index contributed by atoms with van der Waals surface area (Å²) in [5, 5.41) is 5.93. The smallest absolute Gasteiger partial charge is 0.334 e. The molecule has 12 nitrogen and oxygen atoms in total. The van der Waals surface area contributed by atoms with Gasteiger partial charge in [0.05, 0.1) is 0 Å². The maximum atomic E-state index is 14.4. The van der Waals surface area contributed by atoms with Gasteiger partial charge in [0.15, 0.2) is 23.3 Å². The van der Waals surface area contributed by atoms with Gasteiger partial charge in [0.2, 0.25) is 0 Å². The molecule has 0 atom stereocenters. The summed E-state index contributed by atoms with van der Waals surface area (Å²) in [7, 11) is 0. The van der Waals surface area contributed by atoms with Crippen LogP contribution < -0.4 is 22.0 Å². The second kappa shape index (κ2) is 13.4. The van der Waals surface area contributed by atoms with Crippen LogP contribution in [0.25, 0.3) is 43.1 Å². The Balaban J connectivity index is 0.000000126. The van der Waals surface area contributed by atoms with Gasteiger partial charge in [-0.1, -0.05) is 17.7 Å². The first-order chi connectivity index (χ1) is 33.9. The van der Waals surface area contributed by atoms with Crippen LogP contribution in [0.2, 0.25) is 13.6 Å². The van der Waals surface area contributed by atoms with Gasteiger partial charge in [0, 0.05) is 65.3 Å². The average molecular weight is 924 g/mol. The van der Waals surface area contributed by atoms with Gasteiger partial charge in [-0.15, -0.1) is 0 Å². The van der Waals surface area contributed by atoms with Crippen molar-refractivity contribution in [3.05, 3.63) is 188 Å². The molecule has 6 aliphatic heterocycles. The summed E-state index contributed by atoms with van der Waals surface area (Å²) >= 11 is 0. The fourth-order valence-corrected chi connectivity index (χ4v) is 10.9. The quantitative estimate of drug-likeness (QED) is 0.107. The molecule has 0 unspecified atom stereocenters. The van der Waals surface area contributed by atoms with Crippen molar-refractivity contribution in [1.29, 1.82) is 0 Å². The molecule has 19 heteroatoms. The zero-order valence-electron chi connectivity index (χ0n) is 36.8. The van der Waals surface area contributed by atoms with Crippen molar-refractivity contribution in [1.82, 2.24) is 17.9 Å². The van der Waals surface area contributed by atoms with E-state index >= 15 is 0 Å². The minimum atomic E-state index is -0.420. The minimum absolute atomic E-state index is 0.239. The lowest BCUT2D eigenvalue weighted by Crippen LogP contribution is -2.46. The van der Waals surface area contributed by atoms with Crippen LogP contribution in [0.15, 0.2) is 149 Å². The van der Waals surface area contributed by atoms with Crippen molar-refractivity contribution in [3.8, 4) is 0 Å². The Kier molecular flexibility index (Phi) is 7.52. The molecule has 8 bridgehead atoms. The second-order valence-corrected chi connectivity index (χ2v) is 18.0. The van der Waals surface area contributed by atoms with E-state index in [1.54, 1.807) is 30.3 Å². The van der Waals surface area contributed by atoms with Gasteiger partial charge in [0.25, 0.3) is 0 Å². The maximum Gasteiger partial charge on any atom is 0.386 e. The van der Waals surface area contributed by atoms with E-state index in [0.29, 0.717) is 101 Å². The van der Waals surface area contributed by atoms with E-state index in [-0.39, 0.29) is 25.6 Å². The Morgan fingerprint density at radius 2 is 0.671 bits per heavy atom. The molecule has 332 valence electrons. The second-order valence-electron chi connectivity index (χ2n) is 18.0. The van der Waals surface area contributed by atoms with Gasteiger partial charge in [-0.2, -0.15) is 0 Å². The summed E-state index contributed by atoms with van der Waals surface area (Å²) in [5.74, 6) is 1.90. The molecule has 0 fully saturated rings. The summed E-state index contributed by atoms with van der Waals surface area (Å²) < 4.78 is 79.6. The van der Waals surface area contributed by atoms with Crippen molar-refractivity contribution >= 4 is 104 Å². The molecular weight excluding hydrogens is 897 g/mol. The van der Waals surface area contributed by atoms with Crippen molar-refractivity contribution in [2.45, 2.75) is 20.6 Å². The van der Waals surface area contributed by atoms with Crippen LogP contribution in [-0.4, -0.2) is 55.2 Å². The van der Waals surface area contributed by atoms with Gasteiger partial charge in [-0.05, 0) is 118 Å². The third-order valence-electron chi connectivity index (χ3n) is 14.0. The van der Waals surface area contributed by atoms with Crippen LogP contribution in [0.5, 0.6) is 0 Å². The number of aryl methyl sites for hydroxylation is 1. The molecule has 70 heavy (non-hydrogen) atoms. The highest BCUT2D eigenvalue weighted by Gasteiger charge is 2.36. The van der Waals surface area contributed by atoms with E-state index in [1.807, 2.05) is 39.3 Å². The lowest BCUT2D eigenvalue weighted by molar-refractivity contribution is 0.627. The van der Waals surface area contributed by atoms with Gasteiger partial charge in [-0.3, -0.25) is 0 Å². The van der Waals surface area contributed by atoms with Crippen molar-refractivity contribution in [2.24, 2.45) is 39.9 Å². The standard InChI is InChI=1S/C26H15BF2N6.C25H12BF3N6/c1-12-3-6-16-19(9-12)25-33-26-20-11-14(29)5-8-17(20)24-32-22-18-10-13(28)4-7-15(18)21(30-22)31-23(16)34(25)27(2)35(24)26;1-26-34-22-15-6-3-13(29)10-19(15)25(34)33-23-16-7-4-12(28)9-18(16)24(35(23)26)31-20-14-5-2-11(27)8-17(14)21(30-20)32-22/h3-11H,1-2H3;2-10H,1H3. The highest BCUT2D eigenvalue weighted by molar-refractivity contribution is 6.57. The van der Waals surface area contributed by atoms with Gasteiger partial charge in [-0.25, -0.2) is 61.9 Å². The lowest BCUT2D eigenvalue weighted by atomic mass is 9.78. The van der Waals surface area contributed by atoms with E-state index in [2.05, 4.69) is 22.4 Å². The van der Waals surface area contributed by atoms with Crippen molar-refractivity contribution < 1.29 is 22.0 Å². The summed E-state index contributed by atoms with van der Waals surface area (Å²) in [4.78, 5) is 39.0. The average Bonchev–Trinajstić information content (AvgIpc) is 4.16. The number of aromatic nitrogens is 4. The molecule has 0 saturated heterocycles. The lowest BCUT2D eigenvalue weighted by Gasteiger charge is -2.20. The molecule has 0 radical (unpaired) electrons. The van der Waals surface area contributed by atoms with Crippen LogP contribution in [0.4, 0.5) is 45.2 Å². The van der Waals surface area contributed by atoms with Gasteiger partial charge in [0.1, 0.15) is 74.3 Å². The predicted molar refractivity (Wildman–Crippen MR) is 259 cm³/mol. The van der Waals surface area contributed by atoms with Crippen LogP contribution >= 0.6 is 0 Å². The highest BCUT2D eigenvalue weighted by atomic mass is 19.1. The minimum Gasteiger partial charge on any atom is -0.334 e. The summed E-state index contributed by atoms with van der Waals surface area (Å²) in [6, 6.07) is 28.7. The first kappa shape index (κ1) is 39.2. The van der Waals surface area contributed by atoms with Crippen LogP contribution in [0.3, 0.4) is 0 Å². The first-order valence-electron chi connectivity index (χ1n) is 22.4. The van der Waals surface area contributed by atoms with E-state index in [1.165, 1.54) is 60.7 Å². The third-order valence-corrected chi connectivity index (χ3v) is 14.0. The van der Waals surface area contributed by atoms with E-state index < -0.39 is 17.5 Å². The van der Waals surface area contributed by atoms with E-state index in [9.17, 15) is 22.0 Å². The molecule has 0 spiro atoms. The number of amidine groups is 4. The van der Waals surface area contributed by atoms with Gasteiger partial charge >= 0.3 is 14.0 Å². The fraction of sp³-hybridized carbons (Fsp3) is 0.0588. The van der Waals surface area contributed by atoms with Crippen LogP contribution in [0.1, 0.15) is 27.8 Å². The first-order valence-corrected chi connectivity index (χ1v) is 22.4. The molecule has 6 aliphatic rings. The largest absolute Gasteiger partial charge is 0.386 e. The molecule has 4 aromatic heterocycles. The van der Waals surface area contributed by atoms with Gasteiger partial charge < -0.3 is 17.9 Å². The molecule has 6 aromatic carbocycles. The number of rotatable bonds is 0. The molecular formula is C51H27B2F5N12. The highest BCUT2D eigenvalue weighted by Crippen LogP contribution is 2.43. The number of aliphatic imine (C=N–C) groups is 4. The van der Waals surface area contributed by atoms with E-state index in [4.69, 9.17) is 34.9 Å². The number of hydrogen-bond donors (Lipinski definition) is 0. The fourth-order valence-electron chi connectivity index (χ4n) is 10.9. The Morgan fingerprint density at radius 1 is 0.314 bits per heavy atom. The molecule has 0 N–H and O–H groups in total. The molecule has 0 saturated carbocycles. The topological polar surface area (TPSA) is 119 Å². The number of fused-ring (bicyclic) bond motifs is 20. The maximum absolute atomic E-state index is 14.4. The summed E-state index contributed by atoms with van der Waals surface area (Å²) in [6.07, 6.45) is 0. The number of nitrogens with zero attached hydrogens (tertiary/aromatic N) is 12. The Bertz CT molecular complexity index is 4610. The van der Waals surface area contributed by atoms with E-state index in [0.717, 1.165) is 38.3 Å². The summed E-state index contributed by atoms with van der Waals surface area (Å²) in [5.41, 5.74) is 6.12. The zero-order valence-corrected chi connectivity index (χ0v) is 36.8. The van der Waals surface area contributed by atoms with Crippen molar-refractivity contribution in [3.63, 3.8) is 0 Å². The molecule has 0 aliphatic carbocycles. The number of hydrogen-bond acceptors (Lipinski definition) is 8. The monoisotopic (exact) mass is 924 g/mol. The zero-order chi connectivity index (χ0) is 47.2. The normalized spacial score (nSPS) is 15.0. The SMILES string of the molecule is CB1n2c3c4ccc(F)cc4c2N=c2c4cc(C)ccc4c(n21)=NC1=NC(=N3)c2cc(F)ccc21.CB1n2c3c4ccc(F)cc4c2N=c2c4ccc(F)cc4c(n21)=NC1=NC(=N3)c2cc(F)ccc21. The molecule has 10 heterocycles. The van der Waals surface area contributed by atoms with Crippen molar-refractivity contribution in [2.75, 3.05) is 0 Å². The third kappa shape index (κ3) is 5.14. The number of benzene rings is 6. The Labute approximate surface area is 390 Å². The van der Waals surface area contributed by atoms with Crippen LogP contribution in [-0.2, 0) is 0 Å². The predicted octanol–water partition coefficient (Wildman–Crippen LogP) is 8.70. The molecule has 16 rings (SSSR count). The number of halogens is 5. The summed E-state index contributed by atoms with van der Waals surface area (Å²) in [6.45, 7) is 5.46. The van der Waals surface area contributed by atoms with Crippen LogP contribution in [0, 0.1) is 36.0 Å². The molecule has 10 aromatic rings. The Hall–Kier alpha value is -8.86. The molecule has 0 amide bonds. The Morgan fingerprint density at radius 3 is 1.19 bits per heavy atom.